The van der Waals surface area contributed by atoms with Crippen molar-refractivity contribution in [1.29, 1.82) is 0 Å². The lowest BCUT2D eigenvalue weighted by Crippen LogP contribution is -2.42. The van der Waals surface area contributed by atoms with Gasteiger partial charge in [-0.25, -0.2) is 24.8 Å². The predicted octanol–water partition coefficient (Wildman–Crippen LogP) is 2.37. The Kier molecular flexibility index (Phi) is 4.86. The first-order valence-corrected chi connectivity index (χ1v) is 10.6. The van der Waals surface area contributed by atoms with Crippen molar-refractivity contribution < 1.29 is 4.79 Å². The summed E-state index contributed by atoms with van der Waals surface area (Å²) in [6.45, 7) is 0.839. The van der Waals surface area contributed by atoms with Crippen LogP contribution >= 0.6 is 11.3 Å². The summed E-state index contributed by atoms with van der Waals surface area (Å²) in [6, 6.07) is 1.52. The smallest absolute Gasteiger partial charge is 0.252 e. The Balaban J connectivity index is 1.57. The second-order valence-corrected chi connectivity index (χ2v) is 7.86. The van der Waals surface area contributed by atoms with E-state index in [9.17, 15) is 4.79 Å². The van der Waals surface area contributed by atoms with Gasteiger partial charge < -0.3 is 10.6 Å². The summed E-state index contributed by atoms with van der Waals surface area (Å²) in [7, 11) is 0. The molecule has 10 heteroatoms. The summed E-state index contributed by atoms with van der Waals surface area (Å²) in [4.78, 5) is 37.2. The molecule has 1 aliphatic heterocycles. The Morgan fingerprint density at radius 1 is 1.14 bits per heavy atom. The number of nitrogens with one attached hydrogen (secondary N) is 2. The van der Waals surface area contributed by atoms with Crippen LogP contribution in [-0.4, -0.2) is 43.4 Å². The molecule has 0 bridgehead atoms. The van der Waals surface area contributed by atoms with Gasteiger partial charge in [0.05, 0.1) is 11.7 Å². The van der Waals surface area contributed by atoms with E-state index in [4.69, 9.17) is 9.97 Å². The molecule has 4 heterocycles. The van der Waals surface area contributed by atoms with Crippen LogP contribution in [0.3, 0.4) is 0 Å². The highest BCUT2D eigenvalue weighted by molar-refractivity contribution is 7.13. The molecule has 148 valence electrons. The molecule has 0 radical (unpaired) electrons. The van der Waals surface area contributed by atoms with E-state index >= 15 is 0 Å². The van der Waals surface area contributed by atoms with Crippen molar-refractivity contribution in [2.75, 3.05) is 16.8 Å². The maximum atomic E-state index is 13.3. The van der Waals surface area contributed by atoms with E-state index in [1.54, 1.807) is 29.6 Å². The van der Waals surface area contributed by atoms with Gasteiger partial charge in [-0.15, -0.1) is 11.3 Å². The molecule has 3 aromatic rings. The van der Waals surface area contributed by atoms with Crippen LogP contribution in [0.4, 0.5) is 22.8 Å². The Hall–Kier alpha value is -2.98. The minimum absolute atomic E-state index is 0.0719. The molecule has 0 saturated carbocycles. The number of thiazole rings is 1. The average Bonchev–Trinajstić information content (AvgIpc) is 3.51. The summed E-state index contributed by atoms with van der Waals surface area (Å²) >= 11 is 1.40. The van der Waals surface area contributed by atoms with Crippen molar-refractivity contribution in [2.45, 2.75) is 38.1 Å². The average molecular weight is 408 g/mol. The normalized spacial score (nSPS) is 17.9. The highest BCUT2D eigenvalue weighted by atomic mass is 32.1. The van der Waals surface area contributed by atoms with Crippen LogP contribution in [0.15, 0.2) is 30.0 Å². The van der Waals surface area contributed by atoms with Crippen LogP contribution in [-0.2, 0) is 17.6 Å². The molecule has 1 fully saturated rings. The number of nitrogens with zero attached hydrogens (tertiary/aromatic N) is 6. The van der Waals surface area contributed by atoms with Gasteiger partial charge in [0.2, 0.25) is 11.9 Å². The number of hydrogen-bond acceptors (Lipinski definition) is 9. The zero-order valence-electron chi connectivity index (χ0n) is 15.7. The number of carbonyl (C=O) groups excluding carboxylic acids is 1. The Labute approximate surface area is 171 Å². The van der Waals surface area contributed by atoms with Crippen LogP contribution in [0, 0.1) is 0 Å². The van der Waals surface area contributed by atoms with E-state index in [0.29, 0.717) is 22.8 Å². The second kappa shape index (κ2) is 7.80. The van der Waals surface area contributed by atoms with Crippen LogP contribution in [0.2, 0.25) is 0 Å². The third-order valence-electron chi connectivity index (χ3n) is 5.11. The van der Waals surface area contributed by atoms with Crippen molar-refractivity contribution in [3.8, 4) is 0 Å². The molecule has 2 aliphatic rings. The number of anilines is 4. The fourth-order valence-electron chi connectivity index (χ4n) is 3.75. The Bertz CT molecular complexity index is 1000. The number of carbonyl (C=O) groups is 1. The summed E-state index contributed by atoms with van der Waals surface area (Å²) in [6.07, 6.45) is 9.57. The summed E-state index contributed by atoms with van der Waals surface area (Å²) < 4.78 is 0. The standard InChI is InChI=1S/C19H20N8OS/c28-16(14-6-2-7-20-14)27(19-23-10-11-29-19)18-24-13-5-1-4-12(13)15(26-18)25-17-21-8-3-9-22-17/h3,8-11,14,20H,1-2,4-7H2,(H,21,22,24,25,26). The van der Waals surface area contributed by atoms with Crippen LogP contribution in [0.25, 0.3) is 0 Å². The van der Waals surface area contributed by atoms with Gasteiger partial charge in [0.15, 0.2) is 5.13 Å². The van der Waals surface area contributed by atoms with E-state index in [1.165, 1.54) is 11.3 Å². The molecular formula is C19H20N8OS. The van der Waals surface area contributed by atoms with Crippen LogP contribution in [0.1, 0.15) is 30.5 Å². The highest BCUT2D eigenvalue weighted by Crippen LogP contribution is 2.33. The highest BCUT2D eigenvalue weighted by Gasteiger charge is 2.33. The minimum Gasteiger partial charge on any atom is -0.308 e. The second-order valence-electron chi connectivity index (χ2n) is 6.99. The molecule has 2 N–H and O–H groups in total. The van der Waals surface area contributed by atoms with Crippen molar-refractivity contribution in [3.63, 3.8) is 0 Å². The number of aromatic nitrogens is 5. The molecule has 1 unspecified atom stereocenters. The lowest BCUT2D eigenvalue weighted by Gasteiger charge is -2.23. The molecular weight excluding hydrogens is 388 g/mol. The first kappa shape index (κ1) is 18.1. The molecule has 1 saturated heterocycles. The quantitative estimate of drug-likeness (QED) is 0.662. The fraction of sp³-hybridized carbons (Fsp3) is 0.368. The van der Waals surface area contributed by atoms with Crippen molar-refractivity contribution in [1.82, 2.24) is 30.2 Å². The molecule has 9 nitrogen and oxygen atoms in total. The van der Waals surface area contributed by atoms with E-state index < -0.39 is 0 Å². The first-order valence-electron chi connectivity index (χ1n) is 9.70. The summed E-state index contributed by atoms with van der Waals surface area (Å²) in [5.74, 6) is 1.40. The number of fused-ring (bicyclic) bond motifs is 1. The van der Waals surface area contributed by atoms with E-state index in [2.05, 4.69) is 25.6 Å². The van der Waals surface area contributed by atoms with Crippen molar-refractivity contribution in [3.05, 3.63) is 41.3 Å². The zero-order valence-corrected chi connectivity index (χ0v) is 16.5. The maximum absolute atomic E-state index is 13.3. The maximum Gasteiger partial charge on any atom is 0.252 e. The molecule has 29 heavy (non-hydrogen) atoms. The Morgan fingerprint density at radius 2 is 2.03 bits per heavy atom. The Morgan fingerprint density at radius 3 is 2.79 bits per heavy atom. The molecule has 1 atom stereocenters. The summed E-state index contributed by atoms with van der Waals surface area (Å²) in [5, 5.41) is 8.90. The number of aryl methyl sites for hydroxylation is 1. The van der Waals surface area contributed by atoms with Crippen LogP contribution in [0.5, 0.6) is 0 Å². The lowest BCUT2D eigenvalue weighted by atomic mass is 10.2. The largest absolute Gasteiger partial charge is 0.308 e. The number of rotatable bonds is 5. The van der Waals surface area contributed by atoms with Crippen molar-refractivity contribution >= 4 is 40.1 Å². The van der Waals surface area contributed by atoms with E-state index in [1.807, 2.05) is 5.38 Å². The molecule has 1 aliphatic carbocycles. The molecule has 0 aromatic carbocycles. The predicted molar refractivity (Wildman–Crippen MR) is 110 cm³/mol. The molecule has 3 aromatic heterocycles. The van der Waals surface area contributed by atoms with E-state index in [0.717, 1.165) is 49.9 Å². The van der Waals surface area contributed by atoms with Gasteiger partial charge in [0.25, 0.3) is 5.91 Å². The van der Waals surface area contributed by atoms with Gasteiger partial charge in [0, 0.05) is 29.5 Å². The lowest BCUT2D eigenvalue weighted by molar-refractivity contribution is -0.119. The zero-order chi connectivity index (χ0) is 19.6. The van der Waals surface area contributed by atoms with Crippen LogP contribution < -0.4 is 15.5 Å². The topological polar surface area (TPSA) is 109 Å². The molecule has 0 spiro atoms. The van der Waals surface area contributed by atoms with Gasteiger partial charge in [-0.1, -0.05) is 0 Å². The van der Waals surface area contributed by atoms with Gasteiger partial charge in [0.1, 0.15) is 5.82 Å². The third-order valence-corrected chi connectivity index (χ3v) is 5.86. The van der Waals surface area contributed by atoms with E-state index in [-0.39, 0.29) is 11.9 Å². The van der Waals surface area contributed by atoms with Gasteiger partial charge in [-0.2, -0.15) is 4.98 Å². The van der Waals surface area contributed by atoms with Crippen molar-refractivity contribution in [2.24, 2.45) is 0 Å². The minimum atomic E-state index is -0.246. The number of amides is 1. The molecule has 1 amide bonds. The van der Waals surface area contributed by atoms with Gasteiger partial charge in [-0.3, -0.25) is 4.79 Å². The monoisotopic (exact) mass is 408 g/mol. The number of hydrogen-bond donors (Lipinski definition) is 2. The summed E-state index contributed by atoms with van der Waals surface area (Å²) in [5.41, 5.74) is 2.02. The SMILES string of the molecule is O=C(C1CCCN1)N(c1nc2c(c(Nc3ncccn3)n1)CCC2)c1nccs1. The van der Waals surface area contributed by atoms with Gasteiger partial charge >= 0.3 is 0 Å². The third kappa shape index (κ3) is 3.56. The van der Waals surface area contributed by atoms with Gasteiger partial charge in [-0.05, 0) is 44.7 Å². The first-order chi connectivity index (χ1) is 14.3. The molecule has 5 rings (SSSR count). The fourth-order valence-corrected chi connectivity index (χ4v) is 4.39.